The van der Waals surface area contributed by atoms with Gasteiger partial charge >= 0.3 is 0 Å². The van der Waals surface area contributed by atoms with Crippen molar-refractivity contribution in [2.45, 2.75) is 39.2 Å². The van der Waals surface area contributed by atoms with Gasteiger partial charge in [-0.05, 0) is 52.6 Å². The number of aliphatic hydroxyl groups excluding tert-OH is 1. The van der Waals surface area contributed by atoms with E-state index in [0.29, 0.717) is 0 Å². The molecule has 0 heterocycles. The molecule has 0 saturated carbocycles. The van der Waals surface area contributed by atoms with Crippen LogP contribution in [0.3, 0.4) is 0 Å². The minimum Gasteiger partial charge on any atom is -0.388 e. The number of rotatable bonds is 5. The Kier molecular flexibility index (Phi) is 5.61. The lowest BCUT2D eigenvalue weighted by molar-refractivity contribution is 0.162. The summed E-state index contributed by atoms with van der Waals surface area (Å²) in [4.78, 5) is 0. The molecule has 1 atom stereocenters. The van der Waals surface area contributed by atoms with Gasteiger partial charge in [0.2, 0.25) is 0 Å². The minimum atomic E-state index is -0.291. The van der Waals surface area contributed by atoms with Crippen molar-refractivity contribution in [1.29, 1.82) is 0 Å². The van der Waals surface area contributed by atoms with Crippen molar-refractivity contribution in [3.05, 3.63) is 33.4 Å². The molecule has 1 nitrogen and oxygen atoms in total. The van der Waals surface area contributed by atoms with E-state index in [0.717, 1.165) is 24.3 Å². The fraction of sp³-hybridized carbons (Fsp3) is 0.538. The number of hydrogen-bond donors (Lipinski definition) is 1. The molecule has 0 aromatic heterocycles. The van der Waals surface area contributed by atoms with Crippen LogP contribution in [-0.2, 0) is 0 Å². The Morgan fingerprint density at radius 2 is 1.73 bits per heavy atom. The molecule has 0 bridgehead atoms. The topological polar surface area (TPSA) is 20.2 Å². The molecule has 0 fully saturated rings. The van der Waals surface area contributed by atoms with Crippen LogP contribution in [0.5, 0.6) is 0 Å². The fourth-order valence-corrected chi connectivity index (χ4v) is 1.93. The summed E-state index contributed by atoms with van der Waals surface area (Å²) >= 11 is 2.28. The largest absolute Gasteiger partial charge is 0.388 e. The zero-order valence-corrected chi connectivity index (χ0v) is 11.6. The highest BCUT2D eigenvalue weighted by molar-refractivity contribution is 14.1. The first kappa shape index (κ1) is 13.0. The smallest absolute Gasteiger partial charge is 0.0790 e. The van der Waals surface area contributed by atoms with Gasteiger partial charge in [0.1, 0.15) is 0 Å². The first-order valence-corrected chi connectivity index (χ1v) is 6.61. The van der Waals surface area contributed by atoms with Crippen LogP contribution in [0.1, 0.15) is 44.8 Å². The maximum atomic E-state index is 9.92. The minimum absolute atomic E-state index is 0.291. The molecule has 2 heteroatoms. The lowest BCUT2D eigenvalue weighted by atomic mass is 10.0. The highest BCUT2D eigenvalue weighted by Gasteiger charge is 2.07. The lowest BCUT2D eigenvalue weighted by Gasteiger charge is -2.11. The van der Waals surface area contributed by atoms with Crippen molar-refractivity contribution in [1.82, 2.24) is 0 Å². The Morgan fingerprint density at radius 3 is 2.27 bits per heavy atom. The molecular weight excluding hydrogens is 299 g/mol. The van der Waals surface area contributed by atoms with Crippen LogP contribution in [0.4, 0.5) is 0 Å². The van der Waals surface area contributed by atoms with Crippen LogP contribution < -0.4 is 0 Å². The molecule has 0 aliphatic heterocycles. The summed E-state index contributed by atoms with van der Waals surface area (Å²) in [6.45, 7) is 4.44. The highest BCUT2D eigenvalue weighted by Crippen LogP contribution is 2.21. The Morgan fingerprint density at radius 1 is 1.13 bits per heavy atom. The fourth-order valence-electron chi connectivity index (χ4n) is 1.57. The molecule has 1 N–H and O–H groups in total. The molecule has 0 aliphatic carbocycles. The van der Waals surface area contributed by atoms with Gasteiger partial charge in [0.25, 0.3) is 0 Å². The van der Waals surface area contributed by atoms with E-state index in [4.69, 9.17) is 0 Å². The van der Waals surface area contributed by atoms with Crippen LogP contribution in [-0.4, -0.2) is 5.11 Å². The quantitative estimate of drug-likeness (QED) is 0.809. The van der Waals surface area contributed by atoms with Crippen LogP contribution in [0.15, 0.2) is 24.3 Å². The van der Waals surface area contributed by atoms with Crippen LogP contribution in [0, 0.1) is 9.49 Å². The second-order valence-corrected chi connectivity index (χ2v) is 5.64. The molecule has 0 aliphatic rings. The van der Waals surface area contributed by atoms with E-state index in [1.54, 1.807) is 0 Å². The summed E-state index contributed by atoms with van der Waals surface area (Å²) < 4.78 is 1.21. The van der Waals surface area contributed by atoms with E-state index >= 15 is 0 Å². The molecule has 0 spiro atoms. The summed E-state index contributed by atoms with van der Waals surface area (Å²) in [5.41, 5.74) is 1.04. The maximum Gasteiger partial charge on any atom is 0.0790 e. The molecule has 1 aromatic carbocycles. The van der Waals surface area contributed by atoms with E-state index in [2.05, 4.69) is 36.4 Å². The van der Waals surface area contributed by atoms with Gasteiger partial charge in [-0.2, -0.15) is 0 Å². The Bertz CT molecular complexity index is 279. The van der Waals surface area contributed by atoms with E-state index in [-0.39, 0.29) is 6.10 Å². The van der Waals surface area contributed by atoms with E-state index in [1.165, 1.54) is 9.99 Å². The van der Waals surface area contributed by atoms with E-state index in [1.807, 2.05) is 24.3 Å². The van der Waals surface area contributed by atoms with Gasteiger partial charge in [0.15, 0.2) is 0 Å². The third-order valence-corrected chi connectivity index (χ3v) is 3.23. The van der Waals surface area contributed by atoms with Gasteiger partial charge in [0, 0.05) is 3.57 Å². The maximum absolute atomic E-state index is 9.92. The molecule has 1 rings (SSSR count). The van der Waals surface area contributed by atoms with Crippen molar-refractivity contribution in [3.8, 4) is 0 Å². The summed E-state index contributed by atoms with van der Waals surface area (Å²) in [7, 11) is 0. The molecule has 1 aromatic rings. The number of hydrogen-bond acceptors (Lipinski definition) is 1. The molecule has 0 radical (unpaired) electrons. The van der Waals surface area contributed by atoms with E-state index in [9.17, 15) is 5.11 Å². The monoisotopic (exact) mass is 318 g/mol. The predicted molar refractivity (Wildman–Crippen MR) is 72.8 cm³/mol. The normalized spacial score (nSPS) is 13.1. The van der Waals surface area contributed by atoms with Crippen molar-refractivity contribution in [2.75, 3.05) is 0 Å². The predicted octanol–water partition coefficient (Wildman–Crippen LogP) is 4.15. The SMILES string of the molecule is CC(C)CCCC(O)c1ccc(I)cc1. The average molecular weight is 318 g/mol. The van der Waals surface area contributed by atoms with Crippen molar-refractivity contribution < 1.29 is 5.11 Å². The molecule has 1 unspecified atom stereocenters. The standard InChI is InChI=1S/C13H19IO/c1-10(2)4-3-5-13(15)11-6-8-12(14)9-7-11/h6-10,13,15H,3-5H2,1-2H3. The van der Waals surface area contributed by atoms with Crippen molar-refractivity contribution in [2.24, 2.45) is 5.92 Å². The van der Waals surface area contributed by atoms with Gasteiger partial charge in [0.05, 0.1) is 6.10 Å². The Labute approximate surface area is 106 Å². The molecule has 0 amide bonds. The molecule has 15 heavy (non-hydrogen) atoms. The zero-order chi connectivity index (χ0) is 11.3. The van der Waals surface area contributed by atoms with Crippen LogP contribution in [0.2, 0.25) is 0 Å². The second kappa shape index (κ2) is 6.48. The van der Waals surface area contributed by atoms with Crippen LogP contribution in [0.25, 0.3) is 0 Å². The molecule has 0 saturated heterocycles. The highest BCUT2D eigenvalue weighted by atomic mass is 127. The average Bonchev–Trinajstić information content (AvgIpc) is 2.18. The summed E-state index contributed by atoms with van der Waals surface area (Å²) in [5, 5.41) is 9.92. The summed E-state index contributed by atoms with van der Waals surface area (Å²) in [6, 6.07) is 8.12. The zero-order valence-electron chi connectivity index (χ0n) is 9.41. The van der Waals surface area contributed by atoms with Gasteiger partial charge in [-0.25, -0.2) is 0 Å². The number of aliphatic hydroxyl groups is 1. The van der Waals surface area contributed by atoms with Gasteiger partial charge in [-0.1, -0.05) is 38.8 Å². The Balaban J connectivity index is 2.40. The number of benzene rings is 1. The second-order valence-electron chi connectivity index (χ2n) is 4.39. The lowest BCUT2D eigenvalue weighted by Crippen LogP contribution is -1.98. The number of halogens is 1. The molecular formula is C13H19IO. The van der Waals surface area contributed by atoms with E-state index < -0.39 is 0 Å². The summed E-state index contributed by atoms with van der Waals surface area (Å²) in [6.07, 6.45) is 2.88. The van der Waals surface area contributed by atoms with Gasteiger partial charge in [-0.15, -0.1) is 0 Å². The van der Waals surface area contributed by atoms with Gasteiger partial charge in [-0.3, -0.25) is 0 Å². The first-order valence-electron chi connectivity index (χ1n) is 5.53. The van der Waals surface area contributed by atoms with Gasteiger partial charge < -0.3 is 5.11 Å². The first-order chi connectivity index (χ1) is 7.09. The van der Waals surface area contributed by atoms with Crippen molar-refractivity contribution >= 4 is 22.6 Å². The summed E-state index contributed by atoms with van der Waals surface area (Å²) in [5.74, 6) is 0.730. The Hall–Kier alpha value is -0.0900. The third-order valence-electron chi connectivity index (χ3n) is 2.51. The van der Waals surface area contributed by atoms with Crippen molar-refractivity contribution in [3.63, 3.8) is 0 Å². The third kappa shape index (κ3) is 4.98. The van der Waals surface area contributed by atoms with Crippen LogP contribution >= 0.6 is 22.6 Å². The molecule has 84 valence electrons.